The van der Waals surface area contributed by atoms with Gasteiger partial charge in [0.15, 0.2) is 10.8 Å². The summed E-state index contributed by atoms with van der Waals surface area (Å²) in [6.07, 6.45) is 4.19. The first-order chi connectivity index (χ1) is 7.42. The second kappa shape index (κ2) is 5.14. The van der Waals surface area contributed by atoms with Crippen molar-refractivity contribution in [2.75, 3.05) is 12.3 Å². The molecule has 4 nitrogen and oxygen atoms in total. The van der Waals surface area contributed by atoms with Crippen LogP contribution in [0.4, 0.5) is 0 Å². The Kier molecular flexibility index (Phi) is 3.58. The number of unbranched alkanes of at least 4 members (excludes halogenated alkanes) is 1. The smallest absolute Gasteiger partial charge is 0.195 e. The minimum Gasteiger partial charge on any atom is -0.330 e. The Balaban J connectivity index is 2.02. The van der Waals surface area contributed by atoms with E-state index >= 15 is 0 Å². The highest BCUT2D eigenvalue weighted by Crippen LogP contribution is 2.17. The highest BCUT2D eigenvalue weighted by Gasteiger charge is 2.03. The van der Waals surface area contributed by atoms with Crippen LogP contribution in [0.2, 0.25) is 0 Å². The fourth-order valence-electron chi connectivity index (χ4n) is 1.33. The molecule has 0 saturated carbocycles. The minimum atomic E-state index is 0.765. The standard InChI is InChI=1S/C10H14N4S/c11-6-2-4-8-15-10-13-12-9-5-1-3-7-14(9)10/h1,3,5,7H,2,4,6,8,11H2. The van der Waals surface area contributed by atoms with Crippen LogP contribution >= 0.6 is 11.8 Å². The van der Waals surface area contributed by atoms with E-state index in [-0.39, 0.29) is 0 Å². The van der Waals surface area contributed by atoms with Crippen LogP contribution in [0.25, 0.3) is 5.65 Å². The third kappa shape index (κ3) is 2.49. The van der Waals surface area contributed by atoms with Crippen LogP contribution in [0.1, 0.15) is 12.8 Å². The summed E-state index contributed by atoms with van der Waals surface area (Å²) in [7, 11) is 0. The third-order valence-corrected chi connectivity index (χ3v) is 3.14. The predicted molar refractivity (Wildman–Crippen MR) is 62.0 cm³/mol. The predicted octanol–water partition coefficient (Wildman–Crippen LogP) is 1.56. The molecular formula is C10H14N4S. The quantitative estimate of drug-likeness (QED) is 0.616. The molecule has 0 aliphatic heterocycles. The molecule has 2 aromatic heterocycles. The van der Waals surface area contributed by atoms with E-state index in [9.17, 15) is 0 Å². The summed E-state index contributed by atoms with van der Waals surface area (Å²) in [5, 5.41) is 9.18. The fraction of sp³-hybridized carbons (Fsp3) is 0.400. The average molecular weight is 222 g/mol. The van der Waals surface area contributed by atoms with Gasteiger partial charge in [-0.3, -0.25) is 4.40 Å². The molecule has 0 fully saturated rings. The van der Waals surface area contributed by atoms with Crippen LogP contribution in [0.3, 0.4) is 0 Å². The highest BCUT2D eigenvalue weighted by molar-refractivity contribution is 7.99. The summed E-state index contributed by atoms with van der Waals surface area (Å²) in [6.45, 7) is 0.765. The number of nitrogens with zero attached hydrogens (tertiary/aromatic N) is 3. The van der Waals surface area contributed by atoms with Crippen LogP contribution in [0.5, 0.6) is 0 Å². The van der Waals surface area contributed by atoms with Crippen LogP contribution in [-0.2, 0) is 0 Å². The molecule has 2 N–H and O–H groups in total. The number of rotatable bonds is 5. The zero-order chi connectivity index (χ0) is 10.5. The molecule has 0 atom stereocenters. The number of nitrogens with two attached hydrogens (primary N) is 1. The van der Waals surface area contributed by atoms with E-state index in [1.165, 1.54) is 0 Å². The molecule has 5 heteroatoms. The second-order valence-electron chi connectivity index (χ2n) is 3.26. The van der Waals surface area contributed by atoms with Crippen molar-refractivity contribution >= 4 is 17.4 Å². The van der Waals surface area contributed by atoms with Gasteiger partial charge >= 0.3 is 0 Å². The van der Waals surface area contributed by atoms with Gasteiger partial charge in [-0.25, -0.2) is 0 Å². The first-order valence-electron chi connectivity index (χ1n) is 5.04. The van der Waals surface area contributed by atoms with Gasteiger partial charge in [-0.2, -0.15) is 0 Å². The molecule has 80 valence electrons. The zero-order valence-corrected chi connectivity index (χ0v) is 9.28. The van der Waals surface area contributed by atoms with E-state index < -0.39 is 0 Å². The van der Waals surface area contributed by atoms with Gasteiger partial charge in [0.25, 0.3) is 0 Å². The summed E-state index contributed by atoms with van der Waals surface area (Å²) >= 11 is 1.73. The van der Waals surface area contributed by atoms with Crippen LogP contribution < -0.4 is 5.73 Å². The molecule has 2 heterocycles. The van der Waals surface area contributed by atoms with Gasteiger partial charge in [-0.1, -0.05) is 17.8 Å². The Hall–Kier alpha value is -1.07. The van der Waals surface area contributed by atoms with Crippen molar-refractivity contribution in [2.24, 2.45) is 5.73 Å². The van der Waals surface area contributed by atoms with Gasteiger partial charge in [0.2, 0.25) is 0 Å². The maximum atomic E-state index is 5.44. The summed E-state index contributed by atoms with van der Waals surface area (Å²) in [5.74, 6) is 1.05. The zero-order valence-electron chi connectivity index (χ0n) is 8.47. The Labute approximate surface area is 92.9 Å². The largest absolute Gasteiger partial charge is 0.330 e. The van der Waals surface area contributed by atoms with Gasteiger partial charge in [0.1, 0.15) is 0 Å². The van der Waals surface area contributed by atoms with Crippen molar-refractivity contribution in [2.45, 2.75) is 18.0 Å². The maximum Gasteiger partial charge on any atom is 0.195 e. The maximum absolute atomic E-state index is 5.44. The van der Waals surface area contributed by atoms with Gasteiger partial charge in [-0.05, 0) is 31.5 Å². The number of aromatic nitrogens is 3. The first kappa shape index (κ1) is 10.4. The van der Waals surface area contributed by atoms with Gasteiger partial charge in [-0.15, -0.1) is 10.2 Å². The van der Waals surface area contributed by atoms with Crippen molar-refractivity contribution in [3.05, 3.63) is 24.4 Å². The summed E-state index contributed by atoms with van der Waals surface area (Å²) < 4.78 is 2.01. The fourth-order valence-corrected chi connectivity index (χ4v) is 2.25. The van der Waals surface area contributed by atoms with E-state index in [2.05, 4.69) is 10.2 Å². The molecule has 0 unspecified atom stereocenters. The Bertz CT molecular complexity index is 426. The number of thioether (sulfide) groups is 1. The molecule has 0 amide bonds. The molecule has 0 spiro atoms. The van der Waals surface area contributed by atoms with Crippen LogP contribution in [-0.4, -0.2) is 26.9 Å². The van der Waals surface area contributed by atoms with Crippen LogP contribution in [0, 0.1) is 0 Å². The lowest BCUT2D eigenvalue weighted by Crippen LogP contribution is -1.98. The highest BCUT2D eigenvalue weighted by atomic mass is 32.2. The van der Waals surface area contributed by atoms with E-state index in [4.69, 9.17) is 5.73 Å². The molecule has 0 aromatic carbocycles. The Morgan fingerprint density at radius 2 is 2.20 bits per heavy atom. The van der Waals surface area contributed by atoms with Crippen molar-refractivity contribution in [3.63, 3.8) is 0 Å². The van der Waals surface area contributed by atoms with Crippen molar-refractivity contribution in [3.8, 4) is 0 Å². The summed E-state index contributed by atoms with van der Waals surface area (Å²) in [5.41, 5.74) is 6.34. The van der Waals surface area contributed by atoms with Crippen LogP contribution in [0.15, 0.2) is 29.6 Å². The van der Waals surface area contributed by atoms with E-state index in [1.807, 2.05) is 28.8 Å². The topological polar surface area (TPSA) is 56.2 Å². The Morgan fingerprint density at radius 1 is 1.27 bits per heavy atom. The van der Waals surface area contributed by atoms with E-state index in [0.717, 1.165) is 35.9 Å². The Morgan fingerprint density at radius 3 is 3.07 bits per heavy atom. The monoisotopic (exact) mass is 222 g/mol. The number of hydrogen-bond acceptors (Lipinski definition) is 4. The lowest BCUT2D eigenvalue weighted by molar-refractivity contribution is 0.811. The normalized spacial score (nSPS) is 11.0. The van der Waals surface area contributed by atoms with Crippen molar-refractivity contribution < 1.29 is 0 Å². The molecule has 2 aromatic rings. The summed E-state index contributed by atoms with van der Waals surface area (Å²) in [6, 6.07) is 5.91. The minimum absolute atomic E-state index is 0.765. The molecule has 15 heavy (non-hydrogen) atoms. The molecule has 0 bridgehead atoms. The molecule has 2 rings (SSSR count). The van der Waals surface area contributed by atoms with Crippen molar-refractivity contribution in [1.29, 1.82) is 0 Å². The molecule has 0 radical (unpaired) electrons. The van der Waals surface area contributed by atoms with Gasteiger partial charge < -0.3 is 5.73 Å². The molecule has 0 saturated heterocycles. The van der Waals surface area contributed by atoms with E-state index in [0.29, 0.717) is 0 Å². The lowest BCUT2D eigenvalue weighted by Gasteiger charge is -1.98. The summed E-state index contributed by atoms with van der Waals surface area (Å²) in [4.78, 5) is 0. The molecule has 0 aliphatic carbocycles. The number of pyridine rings is 1. The van der Waals surface area contributed by atoms with E-state index in [1.54, 1.807) is 11.8 Å². The van der Waals surface area contributed by atoms with Gasteiger partial charge in [0, 0.05) is 11.9 Å². The van der Waals surface area contributed by atoms with Gasteiger partial charge in [0.05, 0.1) is 0 Å². The third-order valence-electron chi connectivity index (χ3n) is 2.11. The second-order valence-corrected chi connectivity index (χ2v) is 4.32. The first-order valence-corrected chi connectivity index (χ1v) is 6.03. The average Bonchev–Trinajstić information content (AvgIpc) is 2.68. The SMILES string of the molecule is NCCCCSc1nnc2ccccn12. The number of fused-ring (bicyclic) bond motifs is 1. The molecular weight excluding hydrogens is 208 g/mol. The molecule has 0 aliphatic rings. The van der Waals surface area contributed by atoms with Crippen molar-refractivity contribution in [1.82, 2.24) is 14.6 Å². The number of hydrogen-bond donors (Lipinski definition) is 1. The lowest BCUT2D eigenvalue weighted by atomic mass is 10.3.